The Morgan fingerprint density at radius 1 is 1.00 bits per heavy atom. The molecule has 0 unspecified atom stereocenters. The SMILES string of the molecule is Clc1cccc(Cl)c1OCc1nc2ccccc2s1. The maximum atomic E-state index is 6.05. The summed E-state index contributed by atoms with van der Waals surface area (Å²) >= 11 is 13.7. The van der Waals surface area contributed by atoms with E-state index >= 15 is 0 Å². The fourth-order valence-corrected chi connectivity index (χ4v) is 3.12. The fourth-order valence-electron chi connectivity index (χ4n) is 1.74. The quantitative estimate of drug-likeness (QED) is 0.665. The van der Waals surface area contributed by atoms with Crippen molar-refractivity contribution in [2.24, 2.45) is 0 Å². The highest BCUT2D eigenvalue weighted by Gasteiger charge is 2.09. The number of rotatable bonds is 3. The molecule has 3 rings (SSSR count). The van der Waals surface area contributed by atoms with Crippen LogP contribution in [-0.2, 0) is 6.61 Å². The number of hydrogen-bond donors (Lipinski definition) is 0. The van der Waals surface area contributed by atoms with Crippen LogP contribution in [0.25, 0.3) is 10.2 Å². The molecule has 0 atom stereocenters. The Morgan fingerprint density at radius 2 is 1.74 bits per heavy atom. The van der Waals surface area contributed by atoms with Gasteiger partial charge >= 0.3 is 0 Å². The normalized spacial score (nSPS) is 10.8. The van der Waals surface area contributed by atoms with E-state index in [-0.39, 0.29) is 0 Å². The first-order chi connectivity index (χ1) is 9.24. The van der Waals surface area contributed by atoms with Gasteiger partial charge in [0.2, 0.25) is 0 Å². The molecule has 0 saturated carbocycles. The zero-order valence-corrected chi connectivity index (χ0v) is 12.1. The molecule has 19 heavy (non-hydrogen) atoms. The summed E-state index contributed by atoms with van der Waals surface area (Å²) in [5.41, 5.74) is 0.983. The van der Waals surface area contributed by atoms with Crippen LogP contribution in [0.2, 0.25) is 10.0 Å². The number of aromatic nitrogens is 1. The van der Waals surface area contributed by atoms with Gasteiger partial charge in [-0.3, -0.25) is 0 Å². The van der Waals surface area contributed by atoms with E-state index in [4.69, 9.17) is 27.9 Å². The summed E-state index contributed by atoms with van der Waals surface area (Å²) in [5, 5.41) is 1.92. The molecule has 2 aromatic carbocycles. The number of ether oxygens (including phenoxy) is 1. The van der Waals surface area contributed by atoms with Crippen molar-refractivity contribution in [2.75, 3.05) is 0 Å². The van der Waals surface area contributed by atoms with Crippen molar-refractivity contribution in [3.63, 3.8) is 0 Å². The second kappa shape index (κ2) is 5.37. The van der Waals surface area contributed by atoms with Crippen LogP contribution >= 0.6 is 34.5 Å². The smallest absolute Gasteiger partial charge is 0.157 e. The van der Waals surface area contributed by atoms with Gasteiger partial charge in [0.15, 0.2) is 5.75 Å². The largest absolute Gasteiger partial charge is 0.483 e. The summed E-state index contributed by atoms with van der Waals surface area (Å²) in [6.07, 6.45) is 0. The third kappa shape index (κ3) is 2.68. The van der Waals surface area contributed by atoms with E-state index in [2.05, 4.69) is 4.98 Å². The molecule has 0 amide bonds. The van der Waals surface area contributed by atoms with Gasteiger partial charge in [-0.25, -0.2) is 4.98 Å². The second-order valence-electron chi connectivity index (χ2n) is 3.91. The number of fused-ring (bicyclic) bond motifs is 1. The Morgan fingerprint density at radius 3 is 2.47 bits per heavy atom. The van der Waals surface area contributed by atoms with E-state index in [0.717, 1.165) is 15.2 Å². The van der Waals surface area contributed by atoms with Crippen LogP contribution in [0.15, 0.2) is 42.5 Å². The van der Waals surface area contributed by atoms with Crippen molar-refractivity contribution < 1.29 is 4.74 Å². The van der Waals surface area contributed by atoms with Crippen LogP contribution < -0.4 is 4.74 Å². The van der Waals surface area contributed by atoms with E-state index in [1.807, 2.05) is 24.3 Å². The third-order valence-corrected chi connectivity index (χ3v) is 4.20. The number of benzene rings is 2. The zero-order chi connectivity index (χ0) is 13.2. The number of para-hydroxylation sites is 2. The summed E-state index contributed by atoms with van der Waals surface area (Å²) < 4.78 is 6.81. The third-order valence-electron chi connectivity index (χ3n) is 2.60. The first-order valence-electron chi connectivity index (χ1n) is 5.65. The highest BCUT2D eigenvalue weighted by molar-refractivity contribution is 7.18. The summed E-state index contributed by atoms with van der Waals surface area (Å²) in [6, 6.07) is 13.3. The van der Waals surface area contributed by atoms with E-state index in [9.17, 15) is 0 Å². The van der Waals surface area contributed by atoms with E-state index in [1.165, 1.54) is 0 Å². The maximum absolute atomic E-state index is 6.05. The monoisotopic (exact) mass is 309 g/mol. The molecule has 0 fully saturated rings. The first-order valence-corrected chi connectivity index (χ1v) is 7.22. The highest BCUT2D eigenvalue weighted by atomic mass is 35.5. The van der Waals surface area contributed by atoms with Crippen LogP contribution in [0.5, 0.6) is 5.75 Å². The Kier molecular flexibility index (Phi) is 3.60. The zero-order valence-electron chi connectivity index (χ0n) is 9.77. The van der Waals surface area contributed by atoms with E-state index in [0.29, 0.717) is 22.4 Å². The van der Waals surface area contributed by atoms with Gasteiger partial charge < -0.3 is 4.74 Å². The van der Waals surface area contributed by atoms with Crippen LogP contribution in [0.1, 0.15) is 5.01 Å². The summed E-state index contributed by atoms with van der Waals surface area (Å²) in [6.45, 7) is 0.364. The average molecular weight is 310 g/mol. The standard InChI is InChI=1S/C14H9Cl2NOS/c15-9-4-3-5-10(16)14(9)18-8-13-17-11-6-1-2-7-12(11)19-13/h1-7H,8H2. The van der Waals surface area contributed by atoms with Crippen LogP contribution in [-0.4, -0.2) is 4.98 Å². The van der Waals surface area contributed by atoms with Crippen LogP contribution in [0.4, 0.5) is 0 Å². The molecule has 0 spiro atoms. The molecule has 1 heterocycles. The molecule has 96 valence electrons. The molecular formula is C14H9Cl2NOS. The van der Waals surface area contributed by atoms with Crippen LogP contribution in [0, 0.1) is 0 Å². The van der Waals surface area contributed by atoms with Gasteiger partial charge in [-0.2, -0.15) is 0 Å². The van der Waals surface area contributed by atoms with Gasteiger partial charge in [0, 0.05) is 0 Å². The Hall–Kier alpha value is -1.29. The fraction of sp³-hybridized carbons (Fsp3) is 0.0714. The van der Waals surface area contributed by atoms with Crippen molar-refractivity contribution in [3.8, 4) is 5.75 Å². The molecule has 0 N–H and O–H groups in total. The number of thiazole rings is 1. The number of nitrogens with zero attached hydrogens (tertiary/aromatic N) is 1. The van der Waals surface area contributed by atoms with Gasteiger partial charge in [-0.15, -0.1) is 11.3 Å². The van der Waals surface area contributed by atoms with Crippen molar-refractivity contribution in [3.05, 3.63) is 57.5 Å². The van der Waals surface area contributed by atoms with Crippen molar-refractivity contribution in [1.29, 1.82) is 0 Å². The first kappa shape index (κ1) is 12.7. The lowest BCUT2D eigenvalue weighted by Crippen LogP contribution is -1.95. The summed E-state index contributed by atoms with van der Waals surface area (Å²) in [5.74, 6) is 0.505. The number of hydrogen-bond acceptors (Lipinski definition) is 3. The lowest BCUT2D eigenvalue weighted by molar-refractivity contribution is 0.306. The average Bonchev–Trinajstić information content (AvgIpc) is 2.81. The van der Waals surface area contributed by atoms with Crippen molar-refractivity contribution in [2.45, 2.75) is 6.61 Å². The summed E-state index contributed by atoms with van der Waals surface area (Å²) in [7, 11) is 0. The van der Waals surface area contributed by atoms with Crippen molar-refractivity contribution in [1.82, 2.24) is 4.98 Å². The molecule has 3 aromatic rings. The number of halogens is 2. The minimum absolute atomic E-state index is 0.364. The highest BCUT2D eigenvalue weighted by Crippen LogP contribution is 2.33. The minimum atomic E-state index is 0.364. The lowest BCUT2D eigenvalue weighted by Gasteiger charge is -2.07. The maximum Gasteiger partial charge on any atom is 0.157 e. The van der Waals surface area contributed by atoms with E-state index in [1.54, 1.807) is 29.5 Å². The van der Waals surface area contributed by atoms with E-state index < -0.39 is 0 Å². The molecule has 0 bridgehead atoms. The Labute approximate surface area is 124 Å². The Bertz CT molecular complexity index is 673. The molecule has 2 nitrogen and oxygen atoms in total. The Balaban J connectivity index is 1.82. The topological polar surface area (TPSA) is 22.1 Å². The van der Waals surface area contributed by atoms with Gasteiger partial charge in [-0.1, -0.05) is 41.4 Å². The molecule has 0 saturated heterocycles. The molecule has 0 aliphatic carbocycles. The molecule has 5 heteroatoms. The van der Waals surface area contributed by atoms with Gasteiger partial charge in [0.1, 0.15) is 11.6 Å². The minimum Gasteiger partial charge on any atom is -0.483 e. The second-order valence-corrected chi connectivity index (χ2v) is 5.84. The van der Waals surface area contributed by atoms with Gasteiger partial charge in [0.25, 0.3) is 0 Å². The molecule has 0 aliphatic rings. The molecule has 1 aromatic heterocycles. The predicted octanol–water partition coefficient (Wildman–Crippen LogP) is 5.18. The predicted molar refractivity (Wildman–Crippen MR) is 80.4 cm³/mol. The van der Waals surface area contributed by atoms with Gasteiger partial charge in [-0.05, 0) is 24.3 Å². The molecular weight excluding hydrogens is 301 g/mol. The van der Waals surface area contributed by atoms with Gasteiger partial charge in [0.05, 0.1) is 20.3 Å². The van der Waals surface area contributed by atoms with Crippen molar-refractivity contribution >= 4 is 44.8 Å². The lowest BCUT2D eigenvalue weighted by atomic mass is 10.3. The summed E-state index contributed by atoms with van der Waals surface area (Å²) in [4.78, 5) is 4.49. The van der Waals surface area contributed by atoms with Crippen LogP contribution in [0.3, 0.4) is 0 Å². The molecule has 0 radical (unpaired) electrons. The molecule has 0 aliphatic heterocycles.